The predicted octanol–water partition coefficient (Wildman–Crippen LogP) is 3.90. The average molecular weight is 779 g/mol. The normalized spacial score (nSPS) is 54.2. The van der Waals surface area contributed by atoms with E-state index in [1.165, 1.54) is 7.11 Å². The minimum absolute atomic E-state index is 0.0309. The summed E-state index contributed by atoms with van der Waals surface area (Å²) in [5, 5.41) is 45.4. The van der Waals surface area contributed by atoms with Crippen molar-refractivity contribution in [2.75, 3.05) is 13.7 Å². The molecule has 0 bridgehead atoms. The molecule has 13 nitrogen and oxygen atoms in total. The lowest BCUT2D eigenvalue weighted by molar-refractivity contribution is -0.336. The van der Waals surface area contributed by atoms with Crippen LogP contribution < -0.4 is 0 Å². The summed E-state index contributed by atoms with van der Waals surface area (Å²) in [7, 11) is 1.54. The predicted molar refractivity (Wildman–Crippen MR) is 196 cm³/mol. The standard InChI is InChI=1S/C42H66O13/c1-21-37(48-6)30(43)17-35(50-21)54-39-23(3)52-36(19-32(39)45)55-38-22(2)51-34(18-31(38)44)53-26-9-12-40(4)25(16-26)7-8-29-28(40)10-13-41(5)27(11-14-42(29,41)47)24-15-33(46)49-20-24/h15,21-23,25-32,34-39,43-45,47H,7-14,16-20H2,1-6H3. The zero-order chi connectivity index (χ0) is 39.0. The first-order chi connectivity index (χ1) is 26.1. The molecule has 312 valence electrons. The van der Waals surface area contributed by atoms with Crippen molar-refractivity contribution in [3.8, 4) is 0 Å². The highest BCUT2D eigenvalue weighted by Gasteiger charge is 2.68. The molecule has 7 fully saturated rings. The van der Waals surface area contributed by atoms with Crippen LogP contribution in [0.4, 0.5) is 0 Å². The topological polar surface area (TPSA) is 172 Å². The van der Waals surface area contributed by atoms with Crippen molar-refractivity contribution < 1.29 is 63.1 Å². The van der Waals surface area contributed by atoms with Gasteiger partial charge in [-0.3, -0.25) is 0 Å². The quantitative estimate of drug-likeness (QED) is 0.207. The van der Waals surface area contributed by atoms with Gasteiger partial charge in [0.2, 0.25) is 0 Å². The van der Waals surface area contributed by atoms with Gasteiger partial charge >= 0.3 is 5.97 Å². The van der Waals surface area contributed by atoms with Crippen molar-refractivity contribution in [3.05, 3.63) is 11.6 Å². The van der Waals surface area contributed by atoms with Gasteiger partial charge in [-0.15, -0.1) is 0 Å². The summed E-state index contributed by atoms with van der Waals surface area (Å²) in [6.45, 7) is 10.6. The number of aliphatic hydroxyl groups is 4. The second-order valence-electron chi connectivity index (χ2n) is 18.9. The molecule has 4 aliphatic heterocycles. The molecule has 55 heavy (non-hydrogen) atoms. The molecule has 13 heteroatoms. The highest BCUT2D eigenvalue weighted by Crippen LogP contribution is 2.70. The SMILES string of the molecule is COC1C(O)CC(OC2C(O)CC(OC3C(O)CC(OC4CCC5(C)C(CCC6C5CCC5(C)C(C7=CC(=O)OC7)CCC65O)C4)OC3C)OC2C)OC1C. The van der Waals surface area contributed by atoms with Gasteiger partial charge in [-0.05, 0) is 113 Å². The van der Waals surface area contributed by atoms with Crippen molar-refractivity contribution in [3.63, 3.8) is 0 Å². The third-order valence-electron chi connectivity index (χ3n) is 16.1. The van der Waals surface area contributed by atoms with Gasteiger partial charge in [-0.25, -0.2) is 4.79 Å². The Morgan fingerprint density at radius 2 is 1.27 bits per heavy atom. The highest BCUT2D eigenvalue weighted by molar-refractivity contribution is 5.85. The lowest BCUT2D eigenvalue weighted by Gasteiger charge is -2.64. The van der Waals surface area contributed by atoms with E-state index in [2.05, 4.69) is 13.8 Å². The molecule has 20 unspecified atom stereocenters. The maximum atomic E-state index is 12.6. The van der Waals surface area contributed by atoms with Gasteiger partial charge in [0, 0.05) is 37.9 Å². The molecule has 0 radical (unpaired) electrons. The van der Waals surface area contributed by atoms with Crippen molar-refractivity contribution in [2.45, 2.75) is 197 Å². The Labute approximate surface area is 325 Å². The molecule has 4 heterocycles. The van der Waals surface area contributed by atoms with Crippen molar-refractivity contribution >= 4 is 5.97 Å². The number of cyclic esters (lactones) is 1. The van der Waals surface area contributed by atoms with Gasteiger partial charge in [0.05, 0.1) is 48.3 Å². The number of carbonyl (C=O) groups is 1. The van der Waals surface area contributed by atoms with Gasteiger partial charge in [-0.2, -0.15) is 0 Å². The molecule has 0 spiro atoms. The monoisotopic (exact) mass is 778 g/mol. The molecular weight excluding hydrogens is 712 g/mol. The second-order valence-corrected chi connectivity index (χ2v) is 18.9. The molecule has 20 atom stereocenters. The third-order valence-corrected chi connectivity index (χ3v) is 16.1. The maximum absolute atomic E-state index is 12.6. The first-order valence-corrected chi connectivity index (χ1v) is 21.2. The summed E-state index contributed by atoms with van der Waals surface area (Å²) in [6, 6.07) is 0. The van der Waals surface area contributed by atoms with Crippen LogP contribution in [0.5, 0.6) is 0 Å². The van der Waals surface area contributed by atoms with Crippen molar-refractivity contribution in [1.29, 1.82) is 0 Å². The Kier molecular flexibility index (Phi) is 11.4. The van der Waals surface area contributed by atoms with Crippen molar-refractivity contribution in [1.82, 2.24) is 0 Å². The number of esters is 1. The molecule has 3 saturated heterocycles. The maximum Gasteiger partial charge on any atom is 0.331 e. The van der Waals surface area contributed by atoms with E-state index in [1.807, 2.05) is 13.8 Å². The molecule has 4 saturated carbocycles. The molecule has 0 aromatic carbocycles. The van der Waals surface area contributed by atoms with E-state index in [4.69, 9.17) is 37.9 Å². The molecular formula is C42H66O13. The van der Waals surface area contributed by atoms with Gasteiger partial charge in [0.15, 0.2) is 18.9 Å². The number of ether oxygens (including phenoxy) is 8. The zero-order valence-electron chi connectivity index (χ0n) is 33.5. The number of methoxy groups -OCH3 is 1. The number of fused-ring (bicyclic) bond motifs is 5. The van der Waals surface area contributed by atoms with Crippen LogP contribution in [0, 0.1) is 34.5 Å². The number of hydrogen-bond donors (Lipinski definition) is 4. The molecule has 4 N–H and O–H groups in total. The van der Waals surface area contributed by atoms with Crippen LogP contribution in [-0.2, 0) is 42.7 Å². The van der Waals surface area contributed by atoms with Crippen LogP contribution in [0.15, 0.2) is 11.6 Å². The van der Waals surface area contributed by atoms with E-state index >= 15 is 0 Å². The van der Waals surface area contributed by atoms with Crippen molar-refractivity contribution in [2.24, 2.45) is 34.5 Å². The summed E-state index contributed by atoms with van der Waals surface area (Å²) in [4.78, 5) is 11.9. The van der Waals surface area contributed by atoms with E-state index in [-0.39, 0.29) is 60.1 Å². The number of carbonyl (C=O) groups excluding carboxylic acids is 1. The second kappa shape index (κ2) is 15.4. The Morgan fingerprint density at radius 3 is 1.82 bits per heavy atom. The van der Waals surface area contributed by atoms with E-state index in [0.29, 0.717) is 18.4 Å². The van der Waals surface area contributed by atoms with Gasteiger partial charge < -0.3 is 58.3 Å². The fraction of sp³-hybridized carbons (Fsp3) is 0.929. The van der Waals surface area contributed by atoms with Gasteiger partial charge in [0.25, 0.3) is 0 Å². The first kappa shape index (κ1) is 40.5. The molecule has 4 aliphatic carbocycles. The number of hydrogen-bond acceptors (Lipinski definition) is 13. The Bertz CT molecular complexity index is 1390. The molecule has 8 aliphatic rings. The highest BCUT2D eigenvalue weighted by atomic mass is 16.7. The van der Waals surface area contributed by atoms with Crippen LogP contribution in [0.1, 0.15) is 112 Å². The molecule has 0 aromatic heterocycles. The smallest absolute Gasteiger partial charge is 0.331 e. The lowest BCUT2D eigenvalue weighted by atomic mass is 9.43. The van der Waals surface area contributed by atoms with Crippen LogP contribution in [0.3, 0.4) is 0 Å². The van der Waals surface area contributed by atoms with Crippen LogP contribution in [0.25, 0.3) is 0 Å². The Balaban J connectivity index is 0.822. The van der Waals surface area contributed by atoms with Crippen LogP contribution >= 0.6 is 0 Å². The van der Waals surface area contributed by atoms with Crippen LogP contribution in [-0.4, -0.2) is 126 Å². The minimum atomic E-state index is -0.905. The van der Waals surface area contributed by atoms with E-state index in [0.717, 1.165) is 63.4 Å². The number of aliphatic hydroxyl groups excluding tert-OH is 3. The summed E-state index contributed by atoms with van der Waals surface area (Å²) in [6.07, 6.45) is 3.40. The minimum Gasteiger partial charge on any atom is -0.458 e. The van der Waals surface area contributed by atoms with Gasteiger partial charge in [0.1, 0.15) is 24.9 Å². The Hall–Kier alpha value is -1.23. The average Bonchev–Trinajstić information content (AvgIpc) is 3.67. The lowest BCUT2D eigenvalue weighted by Crippen LogP contribution is -2.62. The Morgan fingerprint density at radius 1 is 0.691 bits per heavy atom. The van der Waals surface area contributed by atoms with Gasteiger partial charge in [-0.1, -0.05) is 13.8 Å². The van der Waals surface area contributed by atoms with Crippen LogP contribution in [0.2, 0.25) is 0 Å². The fourth-order valence-electron chi connectivity index (χ4n) is 13.1. The molecule has 8 rings (SSSR count). The number of rotatable bonds is 8. The summed E-state index contributed by atoms with van der Waals surface area (Å²) in [5.41, 5.74) is 0.230. The summed E-state index contributed by atoms with van der Waals surface area (Å²) in [5.74, 6) is 1.15. The summed E-state index contributed by atoms with van der Waals surface area (Å²) >= 11 is 0. The summed E-state index contributed by atoms with van der Waals surface area (Å²) < 4.78 is 48.0. The van der Waals surface area contributed by atoms with E-state index in [9.17, 15) is 25.2 Å². The molecule has 0 amide bonds. The third kappa shape index (κ3) is 7.17. The zero-order valence-corrected chi connectivity index (χ0v) is 33.5. The molecule has 0 aromatic rings. The first-order valence-electron chi connectivity index (χ1n) is 21.2. The fourth-order valence-corrected chi connectivity index (χ4v) is 13.1. The van der Waals surface area contributed by atoms with E-state index < -0.39 is 73.3 Å². The largest absolute Gasteiger partial charge is 0.458 e. The van der Waals surface area contributed by atoms with E-state index in [1.54, 1.807) is 13.0 Å².